The Morgan fingerprint density at radius 3 is 2.15 bits per heavy atom. The summed E-state index contributed by atoms with van der Waals surface area (Å²) in [5, 5.41) is 12.6. The molecule has 26 heavy (non-hydrogen) atoms. The lowest BCUT2D eigenvalue weighted by molar-refractivity contribution is -0.384. The van der Waals surface area contributed by atoms with E-state index in [4.69, 9.17) is 0 Å². The van der Waals surface area contributed by atoms with Crippen molar-refractivity contribution in [3.63, 3.8) is 0 Å². The summed E-state index contributed by atoms with van der Waals surface area (Å²) in [4.78, 5) is 10.3. The third-order valence-corrected chi connectivity index (χ3v) is 8.25. The minimum atomic E-state index is -3.10. The number of non-ortho nitro benzene ring substituents is 1. The highest BCUT2D eigenvalue weighted by Crippen LogP contribution is 2.21. The molecule has 9 nitrogen and oxygen atoms in total. The van der Waals surface area contributed by atoms with Crippen LogP contribution in [0, 0.1) is 10.1 Å². The zero-order chi connectivity index (χ0) is 18.9. The Bertz CT molecular complexity index is 882. The van der Waals surface area contributed by atoms with Crippen LogP contribution in [0.4, 0.5) is 5.69 Å². The second-order valence-corrected chi connectivity index (χ2v) is 11.3. The summed E-state index contributed by atoms with van der Waals surface area (Å²) in [7, 11) is -6.15. The summed E-state index contributed by atoms with van der Waals surface area (Å²) in [6, 6.07) is 5.56. The average molecular weight is 403 g/mol. The summed E-state index contributed by atoms with van der Waals surface area (Å²) in [5.41, 5.74) is 3.96. The van der Waals surface area contributed by atoms with E-state index in [1.165, 1.54) is 12.1 Å². The van der Waals surface area contributed by atoms with Crippen LogP contribution in [0.3, 0.4) is 0 Å². The van der Waals surface area contributed by atoms with E-state index in [-0.39, 0.29) is 40.8 Å². The van der Waals surface area contributed by atoms with Crippen molar-refractivity contribution in [1.29, 1.82) is 0 Å². The molecule has 2 atom stereocenters. The Labute approximate surface area is 152 Å². The zero-order valence-electron chi connectivity index (χ0n) is 14.1. The Morgan fingerprint density at radius 2 is 1.65 bits per heavy atom. The molecule has 2 fully saturated rings. The van der Waals surface area contributed by atoms with Gasteiger partial charge in [-0.2, -0.15) is 0 Å². The molecule has 2 saturated heterocycles. The first kappa shape index (κ1) is 19.2. The van der Waals surface area contributed by atoms with E-state index in [2.05, 4.69) is 5.43 Å². The van der Waals surface area contributed by atoms with Gasteiger partial charge in [0.25, 0.3) is 5.69 Å². The lowest BCUT2D eigenvalue weighted by Gasteiger charge is -2.31. The van der Waals surface area contributed by atoms with E-state index in [0.717, 1.165) is 5.56 Å². The lowest BCUT2D eigenvalue weighted by atomic mass is 10.1. The topological polar surface area (TPSA) is 127 Å². The van der Waals surface area contributed by atoms with Crippen LogP contribution in [0.5, 0.6) is 0 Å². The minimum Gasteiger partial charge on any atom is -0.258 e. The molecule has 2 heterocycles. The molecule has 0 bridgehead atoms. The number of sulfone groups is 2. The quantitative estimate of drug-likeness (QED) is 0.530. The molecule has 2 aliphatic rings. The van der Waals surface area contributed by atoms with Crippen LogP contribution in [0.25, 0.3) is 0 Å². The van der Waals surface area contributed by atoms with Gasteiger partial charge in [0.05, 0.1) is 27.9 Å². The Morgan fingerprint density at radius 1 is 1.04 bits per heavy atom. The summed E-state index contributed by atoms with van der Waals surface area (Å²) in [6.07, 6.45) is 0.959. The van der Waals surface area contributed by atoms with E-state index in [1.54, 1.807) is 17.1 Å². The molecule has 1 aromatic carbocycles. The van der Waals surface area contributed by atoms with Crippen LogP contribution >= 0.6 is 0 Å². The number of hydrogen-bond donors (Lipinski definition) is 1. The third kappa shape index (κ3) is 4.78. The molecule has 0 unspecified atom stereocenters. The number of hydrazine groups is 1. The highest BCUT2D eigenvalue weighted by Gasteiger charge is 2.35. The van der Waals surface area contributed by atoms with E-state index < -0.39 is 24.6 Å². The smallest absolute Gasteiger partial charge is 0.258 e. The second-order valence-electron chi connectivity index (χ2n) is 6.84. The highest BCUT2D eigenvalue weighted by atomic mass is 32.2. The largest absolute Gasteiger partial charge is 0.269 e. The van der Waals surface area contributed by atoms with Gasteiger partial charge in [-0.25, -0.2) is 21.8 Å². The Hall–Kier alpha value is -1.56. The summed E-state index contributed by atoms with van der Waals surface area (Å²) >= 11 is 0. The molecule has 0 aliphatic carbocycles. The molecule has 2 aliphatic heterocycles. The molecular weight excluding hydrogens is 382 g/mol. The zero-order valence-corrected chi connectivity index (χ0v) is 15.7. The lowest BCUT2D eigenvalue weighted by Crippen LogP contribution is -2.50. The maximum absolute atomic E-state index is 11.8. The molecule has 144 valence electrons. The van der Waals surface area contributed by atoms with Crippen molar-refractivity contribution in [1.82, 2.24) is 10.4 Å². The fourth-order valence-corrected chi connectivity index (χ4v) is 6.75. The number of benzene rings is 1. The Kier molecular flexibility index (Phi) is 5.33. The number of nitro benzene ring substituents is 1. The predicted octanol–water partition coefficient (Wildman–Crippen LogP) is 0.276. The van der Waals surface area contributed by atoms with Crippen LogP contribution in [0.15, 0.2) is 24.3 Å². The van der Waals surface area contributed by atoms with Gasteiger partial charge in [0.15, 0.2) is 19.7 Å². The fraction of sp³-hybridized carbons (Fsp3) is 0.600. The fourth-order valence-electron chi connectivity index (χ4n) is 3.35. The van der Waals surface area contributed by atoms with Crippen LogP contribution in [0.2, 0.25) is 0 Å². The number of nitrogens with one attached hydrogen (secondary N) is 1. The normalized spacial score (nSPS) is 27.0. The van der Waals surface area contributed by atoms with Crippen LogP contribution in [-0.2, 0) is 26.2 Å². The minimum absolute atomic E-state index is 0.0152. The van der Waals surface area contributed by atoms with Crippen LogP contribution < -0.4 is 5.43 Å². The van der Waals surface area contributed by atoms with Gasteiger partial charge in [-0.15, -0.1) is 0 Å². The molecule has 3 rings (SSSR count). The third-order valence-electron chi connectivity index (χ3n) is 4.73. The van der Waals surface area contributed by atoms with Gasteiger partial charge in [0, 0.05) is 30.8 Å². The molecule has 0 saturated carbocycles. The first-order chi connectivity index (χ1) is 12.1. The molecule has 0 aromatic heterocycles. The van der Waals surface area contributed by atoms with E-state index in [9.17, 15) is 26.9 Å². The van der Waals surface area contributed by atoms with Crippen molar-refractivity contribution < 1.29 is 21.8 Å². The van der Waals surface area contributed by atoms with Gasteiger partial charge in [-0.05, 0) is 18.4 Å². The van der Waals surface area contributed by atoms with Gasteiger partial charge in [-0.3, -0.25) is 15.5 Å². The van der Waals surface area contributed by atoms with Gasteiger partial charge < -0.3 is 0 Å². The van der Waals surface area contributed by atoms with Gasteiger partial charge >= 0.3 is 0 Å². The van der Waals surface area contributed by atoms with Gasteiger partial charge in [-0.1, -0.05) is 12.1 Å². The second kappa shape index (κ2) is 7.22. The maximum atomic E-state index is 11.8. The first-order valence-corrected chi connectivity index (χ1v) is 11.9. The number of nitro groups is 1. The van der Waals surface area contributed by atoms with Crippen LogP contribution in [0.1, 0.15) is 18.4 Å². The van der Waals surface area contributed by atoms with Crippen molar-refractivity contribution in [2.24, 2.45) is 0 Å². The number of hydrogen-bond acceptors (Lipinski definition) is 8. The Balaban J connectivity index is 1.75. The summed E-state index contributed by atoms with van der Waals surface area (Å²) < 4.78 is 47.0. The van der Waals surface area contributed by atoms with Crippen LogP contribution in [-0.4, -0.2) is 61.9 Å². The molecule has 0 radical (unpaired) electrons. The van der Waals surface area contributed by atoms with Crippen molar-refractivity contribution >= 4 is 25.4 Å². The monoisotopic (exact) mass is 403 g/mol. The van der Waals surface area contributed by atoms with Crippen molar-refractivity contribution in [2.75, 3.05) is 23.0 Å². The maximum Gasteiger partial charge on any atom is 0.269 e. The summed E-state index contributed by atoms with van der Waals surface area (Å²) in [6.45, 7) is 0.342. The van der Waals surface area contributed by atoms with E-state index in [0.29, 0.717) is 19.4 Å². The molecule has 0 spiro atoms. The van der Waals surface area contributed by atoms with Gasteiger partial charge in [0.2, 0.25) is 0 Å². The number of nitrogens with zero attached hydrogens (tertiary/aromatic N) is 2. The molecule has 0 amide bonds. The molecule has 11 heteroatoms. The van der Waals surface area contributed by atoms with Crippen molar-refractivity contribution in [3.05, 3.63) is 39.9 Å². The van der Waals surface area contributed by atoms with Gasteiger partial charge in [0.1, 0.15) is 0 Å². The molecule has 1 N–H and O–H groups in total. The first-order valence-electron chi connectivity index (χ1n) is 8.30. The van der Waals surface area contributed by atoms with Crippen molar-refractivity contribution in [2.45, 2.75) is 31.5 Å². The van der Waals surface area contributed by atoms with E-state index in [1.807, 2.05) is 0 Å². The average Bonchev–Trinajstić information content (AvgIpc) is 3.08. The molecular formula is C15H21N3O6S2. The SMILES string of the molecule is O=[N+]([O-])c1ccc(CN(N[C@@H]2CCS(=O)(=O)C2)[C@@H]2CCS(=O)(=O)C2)cc1. The standard InChI is InChI=1S/C15H21N3O6S2/c19-18(20)14-3-1-12(2-4-14)9-17(15-6-8-26(23,24)11-15)16-13-5-7-25(21,22)10-13/h1-4,13,15-16H,5-11H2/t13-,15-/m1/s1. The summed E-state index contributed by atoms with van der Waals surface area (Å²) in [5.74, 6) is 0.285. The molecule has 1 aromatic rings. The van der Waals surface area contributed by atoms with E-state index >= 15 is 0 Å². The predicted molar refractivity (Wildman–Crippen MR) is 95.9 cm³/mol. The highest BCUT2D eigenvalue weighted by molar-refractivity contribution is 7.91. The number of rotatable bonds is 6. The van der Waals surface area contributed by atoms with Crippen molar-refractivity contribution in [3.8, 4) is 0 Å².